The average molecular weight is 295 g/mol. The molecule has 0 spiro atoms. The molecule has 110 valence electrons. The van der Waals surface area contributed by atoms with Gasteiger partial charge in [0.05, 0.1) is 0 Å². The Balaban J connectivity index is 0.00000147. The van der Waals surface area contributed by atoms with Gasteiger partial charge in [-0.25, -0.2) is 0 Å². The summed E-state index contributed by atoms with van der Waals surface area (Å²) in [4.78, 5) is 13.6. The van der Waals surface area contributed by atoms with Gasteiger partial charge in [0.2, 0.25) is 0 Å². The molecule has 1 aromatic carbocycles. The van der Waals surface area contributed by atoms with E-state index in [9.17, 15) is 4.79 Å². The zero-order chi connectivity index (χ0) is 13.4. The fourth-order valence-electron chi connectivity index (χ4n) is 3.35. The number of ketones is 1. The summed E-state index contributed by atoms with van der Waals surface area (Å²) in [5.41, 5.74) is 4.12. The summed E-state index contributed by atoms with van der Waals surface area (Å²) in [6.45, 7) is 6.95. The number of carbonyl (C=O) groups is 1. The quantitative estimate of drug-likeness (QED) is 0.930. The lowest BCUT2D eigenvalue weighted by Gasteiger charge is -2.35. The molecular formula is C16H23ClN2O. The van der Waals surface area contributed by atoms with Crippen molar-refractivity contribution in [3.8, 4) is 0 Å². The fraction of sp³-hybridized carbons (Fsp3) is 0.562. The number of rotatable bonds is 3. The van der Waals surface area contributed by atoms with E-state index < -0.39 is 0 Å². The van der Waals surface area contributed by atoms with Crippen LogP contribution in [0.4, 0.5) is 5.69 Å². The highest BCUT2D eigenvalue weighted by atomic mass is 35.5. The molecule has 1 aromatic rings. The lowest BCUT2D eigenvalue weighted by Crippen LogP contribution is -2.42. The summed E-state index contributed by atoms with van der Waals surface area (Å²) in [5, 5.41) is 3.66. The number of hydrogen-bond donors (Lipinski definition) is 1. The molecule has 1 saturated heterocycles. The van der Waals surface area contributed by atoms with Crippen LogP contribution in [0, 0.1) is 6.92 Å². The maximum absolute atomic E-state index is 11.1. The van der Waals surface area contributed by atoms with Gasteiger partial charge in [0.25, 0.3) is 0 Å². The van der Waals surface area contributed by atoms with Crippen LogP contribution >= 0.6 is 12.4 Å². The van der Waals surface area contributed by atoms with Crippen molar-refractivity contribution in [1.29, 1.82) is 0 Å². The van der Waals surface area contributed by atoms with Gasteiger partial charge in [-0.3, -0.25) is 4.79 Å². The van der Waals surface area contributed by atoms with Crippen LogP contribution < -0.4 is 5.32 Å². The van der Waals surface area contributed by atoms with Crippen molar-refractivity contribution in [1.82, 2.24) is 4.90 Å². The van der Waals surface area contributed by atoms with Crippen molar-refractivity contribution in [2.75, 3.05) is 25.0 Å². The normalized spacial score (nSPS) is 24.3. The highest BCUT2D eigenvalue weighted by molar-refractivity contribution is 5.85. The van der Waals surface area contributed by atoms with Crippen molar-refractivity contribution < 1.29 is 4.79 Å². The number of carbonyl (C=O) groups excluding carboxylic acids is 1. The molecule has 2 aliphatic heterocycles. The van der Waals surface area contributed by atoms with E-state index >= 15 is 0 Å². The van der Waals surface area contributed by atoms with Crippen LogP contribution in [0.3, 0.4) is 0 Å². The molecule has 0 radical (unpaired) electrons. The van der Waals surface area contributed by atoms with Crippen LogP contribution in [0.25, 0.3) is 0 Å². The number of Topliss-reactive ketones (excluding diaryl/α,β-unsaturated/α-hetero) is 1. The zero-order valence-corrected chi connectivity index (χ0v) is 13.0. The average Bonchev–Trinajstić information content (AvgIpc) is 2.74. The first-order valence-electron chi connectivity index (χ1n) is 7.22. The maximum Gasteiger partial charge on any atom is 0.131 e. The Morgan fingerprint density at radius 1 is 1.45 bits per heavy atom. The number of nitrogens with one attached hydrogen (secondary N) is 1. The molecule has 2 atom stereocenters. The van der Waals surface area contributed by atoms with E-state index in [0.717, 1.165) is 19.6 Å². The van der Waals surface area contributed by atoms with Gasteiger partial charge in [-0.1, -0.05) is 17.7 Å². The standard InChI is InChI=1S/C16H22N2O.ClH/c1-11-3-4-15-13(9-11)14-10-18(7-5-12(2)19)8-6-16(14)17-15;/h3-4,9,14,16-17H,5-8,10H2,1-2H3;1H/t14-,16+;/m1./s1. The summed E-state index contributed by atoms with van der Waals surface area (Å²) >= 11 is 0. The second kappa shape index (κ2) is 6.15. The highest BCUT2D eigenvalue weighted by Crippen LogP contribution is 2.40. The first-order chi connectivity index (χ1) is 9.13. The maximum atomic E-state index is 11.1. The molecule has 2 heterocycles. The number of fused-ring (bicyclic) bond motifs is 3. The van der Waals surface area contributed by atoms with E-state index in [2.05, 4.69) is 35.3 Å². The second-order valence-electron chi connectivity index (χ2n) is 5.99. The monoisotopic (exact) mass is 294 g/mol. The van der Waals surface area contributed by atoms with Gasteiger partial charge >= 0.3 is 0 Å². The van der Waals surface area contributed by atoms with E-state index in [4.69, 9.17) is 0 Å². The first kappa shape index (κ1) is 15.3. The SMILES string of the molecule is CC(=O)CCN1CC[C@@H]2Nc3ccc(C)cc3[C@H]2C1.Cl. The van der Waals surface area contributed by atoms with Gasteiger partial charge in [0, 0.05) is 43.7 Å². The molecule has 0 aromatic heterocycles. The summed E-state index contributed by atoms with van der Waals surface area (Å²) in [6.07, 6.45) is 1.86. The van der Waals surface area contributed by atoms with Crippen molar-refractivity contribution in [2.24, 2.45) is 0 Å². The smallest absolute Gasteiger partial charge is 0.131 e. The minimum absolute atomic E-state index is 0. The number of likely N-dealkylation sites (tertiary alicyclic amines) is 1. The Bertz CT molecular complexity index is 503. The molecule has 0 saturated carbocycles. The van der Waals surface area contributed by atoms with E-state index in [0.29, 0.717) is 24.2 Å². The van der Waals surface area contributed by atoms with Crippen LogP contribution in [0.2, 0.25) is 0 Å². The minimum Gasteiger partial charge on any atom is -0.381 e. The predicted octanol–water partition coefficient (Wildman–Crippen LogP) is 2.98. The number of piperidine rings is 1. The Kier molecular flexibility index (Phi) is 4.71. The lowest BCUT2D eigenvalue weighted by atomic mass is 9.88. The van der Waals surface area contributed by atoms with Crippen molar-refractivity contribution in [3.05, 3.63) is 29.3 Å². The molecule has 2 aliphatic rings. The highest BCUT2D eigenvalue weighted by Gasteiger charge is 2.36. The summed E-state index contributed by atoms with van der Waals surface area (Å²) < 4.78 is 0. The molecule has 0 amide bonds. The molecule has 3 rings (SSSR count). The summed E-state index contributed by atoms with van der Waals surface area (Å²) in [6, 6.07) is 7.30. The predicted molar refractivity (Wildman–Crippen MR) is 84.9 cm³/mol. The molecule has 0 bridgehead atoms. The van der Waals surface area contributed by atoms with Crippen LogP contribution in [0.5, 0.6) is 0 Å². The molecule has 0 unspecified atom stereocenters. The van der Waals surface area contributed by atoms with Gasteiger partial charge in [-0.2, -0.15) is 0 Å². The van der Waals surface area contributed by atoms with Gasteiger partial charge in [0.1, 0.15) is 5.78 Å². The molecule has 1 N–H and O–H groups in total. The topological polar surface area (TPSA) is 32.3 Å². The number of nitrogens with zero attached hydrogens (tertiary/aromatic N) is 1. The van der Waals surface area contributed by atoms with E-state index in [1.54, 1.807) is 6.92 Å². The van der Waals surface area contributed by atoms with E-state index in [1.165, 1.54) is 23.2 Å². The van der Waals surface area contributed by atoms with E-state index in [-0.39, 0.29) is 12.4 Å². The number of halogens is 1. The number of hydrogen-bond acceptors (Lipinski definition) is 3. The molecule has 20 heavy (non-hydrogen) atoms. The van der Waals surface area contributed by atoms with Crippen molar-refractivity contribution in [3.63, 3.8) is 0 Å². The van der Waals surface area contributed by atoms with Gasteiger partial charge in [0.15, 0.2) is 0 Å². The zero-order valence-electron chi connectivity index (χ0n) is 12.2. The third-order valence-corrected chi connectivity index (χ3v) is 4.42. The van der Waals surface area contributed by atoms with Gasteiger partial charge in [-0.05, 0) is 31.9 Å². The van der Waals surface area contributed by atoms with Crippen LogP contribution in [0.1, 0.15) is 36.8 Å². The largest absolute Gasteiger partial charge is 0.381 e. The molecular weight excluding hydrogens is 272 g/mol. The molecule has 0 aliphatic carbocycles. The first-order valence-corrected chi connectivity index (χ1v) is 7.22. The third-order valence-electron chi connectivity index (χ3n) is 4.42. The van der Waals surface area contributed by atoms with Crippen LogP contribution in [-0.4, -0.2) is 36.4 Å². The number of anilines is 1. The Morgan fingerprint density at radius 3 is 3.00 bits per heavy atom. The Labute approximate surface area is 127 Å². The summed E-state index contributed by atoms with van der Waals surface area (Å²) in [7, 11) is 0. The second-order valence-corrected chi connectivity index (χ2v) is 5.99. The van der Waals surface area contributed by atoms with Crippen LogP contribution in [-0.2, 0) is 4.79 Å². The van der Waals surface area contributed by atoms with Crippen molar-refractivity contribution in [2.45, 2.75) is 38.6 Å². The Hall–Kier alpha value is -1.06. The Morgan fingerprint density at radius 2 is 2.25 bits per heavy atom. The van der Waals surface area contributed by atoms with Crippen molar-refractivity contribution >= 4 is 23.9 Å². The van der Waals surface area contributed by atoms with Gasteiger partial charge < -0.3 is 10.2 Å². The molecule has 4 heteroatoms. The van der Waals surface area contributed by atoms with Gasteiger partial charge in [-0.15, -0.1) is 12.4 Å². The fourth-order valence-corrected chi connectivity index (χ4v) is 3.35. The van der Waals surface area contributed by atoms with E-state index in [1.807, 2.05) is 0 Å². The third kappa shape index (κ3) is 2.99. The van der Waals surface area contributed by atoms with Crippen LogP contribution in [0.15, 0.2) is 18.2 Å². The molecule has 3 nitrogen and oxygen atoms in total. The minimum atomic E-state index is 0. The lowest BCUT2D eigenvalue weighted by molar-refractivity contribution is -0.117. The molecule has 1 fully saturated rings. The summed E-state index contributed by atoms with van der Waals surface area (Å²) in [5.74, 6) is 0.888. The number of aryl methyl sites for hydroxylation is 1. The number of benzene rings is 1.